The molecular formula is C6H8Cl2N2S2. The average Bonchev–Trinajstić information content (AvgIpc) is 2.30. The Morgan fingerprint density at radius 1 is 1.67 bits per heavy atom. The number of thiocarbonyl (C=S) groups is 1. The Kier molecular flexibility index (Phi) is 5.04. The highest BCUT2D eigenvalue weighted by Crippen LogP contribution is 2.27. The van der Waals surface area contributed by atoms with Crippen molar-refractivity contribution in [3.05, 3.63) is 20.8 Å². The van der Waals surface area contributed by atoms with Crippen LogP contribution in [0.1, 0.15) is 10.4 Å². The van der Waals surface area contributed by atoms with Gasteiger partial charge in [0.1, 0.15) is 4.99 Å². The van der Waals surface area contributed by atoms with Crippen LogP contribution in [-0.2, 0) is 6.54 Å². The predicted molar refractivity (Wildman–Crippen MR) is 60.4 cm³/mol. The van der Waals surface area contributed by atoms with E-state index >= 15 is 0 Å². The molecule has 0 fully saturated rings. The largest absolute Gasteiger partial charge is 0.389 e. The highest BCUT2D eigenvalue weighted by molar-refractivity contribution is 7.80. The molecule has 1 heterocycles. The minimum absolute atomic E-state index is 0. The molecule has 0 spiro atoms. The summed E-state index contributed by atoms with van der Waals surface area (Å²) >= 11 is 12.1. The molecule has 1 rings (SSSR count). The van der Waals surface area contributed by atoms with Gasteiger partial charge in [-0.15, -0.1) is 23.7 Å². The Labute approximate surface area is 91.3 Å². The Bertz CT molecular complexity index is 285. The molecule has 6 heteroatoms. The molecule has 0 amide bonds. The van der Waals surface area contributed by atoms with Gasteiger partial charge in [0.05, 0.1) is 5.02 Å². The lowest BCUT2D eigenvalue weighted by molar-refractivity contribution is 1.11. The molecule has 0 atom stereocenters. The van der Waals surface area contributed by atoms with Crippen molar-refractivity contribution < 1.29 is 0 Å². The Balaban J connectivity index is 0.00000121. The molecule has 0 aliphatic heterocycles. The molecule has 2 nitrogen and oxygen atoms in total. The molecule has 12 heavy (non-hydrogen) atoms. The highest BCUT2D eigenvalue weighted by Gasteiger charge is 2.09. The van der Waals surface area contributed by atoms with Crippen molar-refractivity contribution in [3.63, 3.8) is 0 Å². The summed E-state index contributed by atoms with van der Waals surface area (Å²) in [5.74, 6) is 0. The molecule has 0 bridgehead atoms. The van der Waals surface area contributed by atoms with Crippen LogP contribution in [0.2, 0.25) is 5.02 Å². The summed E-state index contributed by atoms with van der Waals surface area (Å²) < 4.78 is 0. The molecule has 0 aliphatic carbocycles. The normalized spacial score (nSPS) is 9.17. The molecule has 0 unspecified atom stereocenters. The van der Waals surface area contributed by atoms with Gasteiger partial charge in [-0.1, -0.05) is 23.8 Å². The van der Waals surface area contributed by atoms with Gasteiger partial charge in [-0.3, -0.25) is 0 Å². The van der Waals surface area contributed by atoms with Gasteiger partial charge in [0.2, 0.25) is 0 Å². The van der Waals surface area contributed by atoms with Crippen LogP contribution < -0.4 is 11.5 Å². The smallest absolute Gasteiger partial charge is 0.106 e. The van der Waals surface area contributed by atoms with Crippen molar-refractivity contribution in [2.75, 3.05) is 0 Å². The highest BCUT2D eigenvalue weighted by atomic mass is 35.5. The van der Waals surface area contributed by atoms with E-state index in [1.165, 1.54) is 11.3 Å². The molecule has 68 valence electrons. The van der Waals surface area contributed by atoms with Crippen molar-refractivity contribution in [2.45, 2.75) is 6.54 Å². The lowest BCUT2D eigenvalue weighted by atomic mass is 10.3. The quantitative estimate of drug-likeness (QED) is 0.780. The number of halogens is 2. The standard InChI is InChI=1S/C6H7ClN2S2.ClH/c7-5-3(6(9)10)2-11-4(5)1-8;/h2H,1,8H2,(H2,9,10);1H. The summed E-state index contributed by atoms with van der Waals surface area (Å²) in [5.41, 5.74) is 11.5. The monoisotopic (exact) mass is 242 g/mol. The fraction of sp³-hybridized carbons (Fsp3) is 0.167. The second-order valence-electron chi connectivity index (χ2n) is 1.95. The third-order valence-electron chi connectivity index (χ3n) is 1.25. The summed E-state index contributed by atoms with van der Waals surface area (Å²) in [6.45, 7) is 0.437. The maximum absolute atomic E-state index is 5.88. The number of rotatable bonds is 2. The van der Waals surface area contributed by atoms with Crippen LogP contribution in [0.15, 0.2) is 5.38 Å². The van der Waals surface area contributed by atoms with Gasteiger partial charge >= 0.3 is 0 Å². The summed E-state index contributed by atoms with van der Waals surface area (Å²) in [4.78, 5) is 1.25. The van der Waals surface area contributed by atoms with Crippen molar-refractivity contribution in [3.8, 4) is 0 Å². The van der Waals surface area contributed by atoms with Crippen molar-refractivity contribution in [2.24, 2.45) is 11.5 Å². The van der Waals surface area contributed by atoms with Crippen molar-refractivity contribution in [1.29, 1.82) is 0 Å². The zero-order valence-electron chi connectivity index (χ0n) is 6.04. The van der Waals surface area contributed by atoms with E-state index in [0.717, 1.165) is 10.4 Å². The maximum atomic E-state index is 5.88. The van der Waals surface area contributed by atoms with Crippen LogP contribution in [0.25, 0.3) is 0 Å². The van der Waals surface area contributed by atoms with Crippen molar-refractivity contribution >= 4 is 52.6 Å². The average molecular weight is 243 g/mol. The van der Waals surface area contributed by atoms with E-state index in [1.807, 2.05) is 5.38 Å². The minimum Gasteiger partial charge on any atom is -0.389 e. The van der Waals surface area contributed by atoms with Gasteiger partial charge in [-0.05, 0) is 0 Å². The van der Waals surface area contributed by atoms with E-state index in [4.69, 9.17) is 35.3 Å². The van der Waals surface area contributed by atoms with Crippen LogP contribution >= 0.6 is 47.6 Å². The third-order valence-corrected chi connectivity index (χ3v) is 3.02. The Hall–Kier alpha value is 0.130. The zero-order valence-corrected chi connectivity index (χ0v) is 9.25. The van der Waals surface area contributed by atoms with Crippen LogP contribution in [-0.4, -0.2) is 4.99 Å². The number of hydrogen-bond donors (Lipinski definition) is 2. The molecule has 1 aromatic rings. The lowest BCUT2D eigenvalue weighted by Gasteiger charge is -1.94. The number of hydrogen-bond acceptors (Lipinski definition) is 3. The van der Waals surface area contributed by atoms with Crippen LogP contribution in [0, 0.1) is 0 Å². The SMILES string of the molecule is Cl.NCc1scc(C(N)=S)c1Cl. The molecule has 0 saturated carbocycles. The van der Waals surface area contributed by atoms with Gasteiger partial charge in [0.25, 0.3) is 0 Å². The molecule has 0 saturated heterocycles. The van der Waals surface area contributed by atoms with Gasteiger partial charge in [-0.2, -0.15) is 0 Å². The first kappa shape index (κ1) is 12.1. The van der Waals surface area contributed by atoms with E-state index < -0.39 is 0 Å². The van der Waals surface area contributed by atoms with Gasteiger partial charge in [0.15, 0.2) is 0 Å². The maximum Gasteiger partial charge on any atom is 0.106 e. The van der Waals surface area contributed by atoms with Gasteiger partial charge in [-0.25, -0.2) is 0 Å². The summed E-state index contributed by atoms with van der Waals surface area (Å²) in [7, 11) is 0. The van der Waals surface area contributed by atoms with E-state index in [0.29, 0.717) is 16.6 Å². The van der Waals surface area contributed by atoms with E-state index in [9.17, 15) is 0 Å². The van der Waals surface area contributed by atoms with Gasteiger partial charge in [0, 0.05) is 22.4 Å². The van der Waals surface area contributed by atoms with Gasteiger partial charge < -0.3 is 11.5 Å². The number of nitrogens with two attached hydrogens (primary N) is 2. The van der Waals surface area contributed by atoms with Crippen molar-refractivity contribution in [1.82, 2.24) is 0 Å². The topological polar surface area (TPSA) is 52.0 Å². The fourth-order valence-electron chi connectivity index (χ4n) is 0.688. The van der Waals surface area contributed by atoms with Crippen LogP contribution in [0.5, 0.6) is 0 Å². The summed E-state index contributed by atoms with van der Waals surface area (Å²) in [6, 6.07) is 0. The summed E-state index contributed by atoms with van der Waals surface area (Å²) in [6.07, 6.45) is 0. The summed E-state index contributed by atoms with van der Waals surface area (Å²) in [5, 5.41) is 2.43. The minimum atomic E-state index is 0. The van der Waals surface area contributed by atoms with Crippen LogP contribution in [0.4, 0.5) is 0 Å². The molecule has 0 aliphatic rings. The van der Waals surface area contributed by atoms with E-state index in [2.05, 4.69) is 0 Å². The van der Waals surface area contributed by atoms with E-state index in [-0.39, 0.29) is 12.4 Å². The Morgan fingerprint density at radius 2 is 2.25 bits per heavy atom. The zero-order chi connectivity index (χ0) is 8.43. The number of thiophene rings is 1. The first-order valence-electron chi connectivity index (χ1n) is 2.92. The first-order chi connectivity index (χ1) is 5.16. The first-order valence-corrected chi connectivity index (χ1v) is 4.59. The third kappa shape index (κ3) is 2.31. The van der Waals surface area contributed by atoms with E-state index in [1.54, 1.807) is 0 Å². The fourth-order valence-corrected chi connectivity index (χ4v) is 2.23. The Morgan fingerprint density at radius 3 is 2.50 bits per heavy atom. The predicted octanol–water partition coefficient (Wildman–Crippen LogP) is 1.92. The molecule has 0 radical (unpaired) electrons. The second kappa shape index (κ2) is 4.99. The van der Waals surface area contributed by atoms with Crippen LogP contribution in [0.3, 0.4) is 0 Å². The lowest BCUT2D eigenvalue weighted by Crippen LogP contribution is -2.08. The molecule has 0 aromatic carbocycles. The molecule has 1 aromatic heterocycles. The molecule has 4 N–H and O–H groups in total. The second-order valence-corrected chi connectivity index (χ2v) is 3.74. The molecular weight excluding hydrogens is 235 g/mol.